The molecule has 1 aromatic carbocycles. The summed E-state index contributed by atoms with van der Waals surface area (Å²) in [4.78, 5) is 22.0. The molecule has 0 aliphatic carbocycles. The lowest BCUT2D eigenvalue weighted by Crippen LogP contribution is -2.38. The van der Waals surface area contributed by atoms with E-state index in [-0.39, 0.29) is 5.91 Å². The minimum Gasteiger partial charge on any atom is -0.379 e. The number of ether oxygens (including phenoxy) is 1. The molecule has 1 aromatic heterocycles. The normalized spacial score (nSPS) is 19.9. The molecule has 2 fully saturated rings. The van der Waals surface area contributed by atoms with Crippen molar-refractivity contribution in [1.82, 2.24) is 14.8 Å². The highest BCUT2D eigenvalue weighted by Gasteiger charge is 2.31. The fourth-order valence-corrected chi connectivity index (χ4v) is 4.83. The number of benzene rings is 1. The summed E-state index contributed by atoms with van der Waals surface area (Å²) in [6, 6.07) is 9.53. The second-order valence-electron chi connectivity index (χ2n) is 6.69. The molecule has 0 radical (unpaired) electrons. The molecule has 146 valence electrons. The van der Waals surface area contributed by atoms with E-state index in [0.29, 0.717) is 26.5 Å². The van der Waals surface area contributed by atoms with Crippen LogP contribution < -0.4 is 0 Å². The molecule has 5 nitrogen and oxygen atoms in total. The Bertz CT molecular complexity index is 944. The van der Waals surface area contributed by atoms with Crippen LogP contribution in [-0.2, 0) is 9.53 Å². The summed E-state index contributed by atoms with van der Waals surface area (Å²) in [5.74, 6) is -0.0435. The fraction of sp³-hybridized carbons (Fsp3) is 0.350. The van der Waals surface area contributed by atoms with E-state index < -0.39 is 0 Å². The van der Waals surface area contributed by atoms with Gasteiger partial charge >= 0.3 is 0 Å². The topological polar surface area (TPSA) is 45.7 Å². The molecule has 0 spiro atoms. The smallest absolute Gasteiger partial charge is 0.266 e. The lowest BCUT2D eigenvalue weighted by Gasteiger charge is -2.27. The summed E-state index contributed by atoms with van der Waals surface area (Å²) in [7, 11) is 0. The molecule has 0 saturated carbocycles. The second kappa shape index (κ2) is 8.88. The van der Waals surface area contributed by atoms with Crippen molar-refractivity contribution in [3.63, 3.8) is 0 Å². The highest BCUT2D eigenvalue weighted by Crippen LogP contribution is 2.33. The van der Waals surface area contributed by atoms with Gasteiger partial charge in [-0.25, -0.2) is 4.98 Å². The average molecular weight is 434 g/mol. The quantitative estimate of drug-likeness (QED) is 0.527. The first-order valence-electron chi connectivity index (χ1n) is 9.22. The van der Waals surface area contributed by atoms with Gasteiger partial charge in [0.25, 0.3) is 5.91 Å². The first kappa shape index (κ1) is 19.8. The Balaban J connectivity index is 1.43. The Kier molecular flexibility index (Phi) is 6.28. The molecule has 3 heterocycles. The van der Waals surface area contributed by atoms with Crippen molar-refractivity contribution < 1.29 is 9.53 Å². The molecule has 2 aliphatic rings. The van der Waals surface area contributed by atoms with Gasteiger partial charge in [-0.1, -0.05) is 53.8 Å². The third-order valence-corrected chi connectivity index (χ3v) is 6.49. The van der Waals surface area contributed by atoms with Crippen molar-refractivity contribution in [2.75, 3.05) is 39.4 Å². The van der Waals surface area contributed by atoms with E-state index in [2.05, 4.69) is 9.88 Å². The molecule has 1 amide bonds. The number of amides is 1. The molecule has 0 bridgehead atoms. The summed E-state index contributed by atoms with van der Waals surface area (Å²) in [5, 5.41) is 1.57. The maximum atomic E-state index is 12.8. The molecule has 2 aliphatic heterocycles. The zero-order valence-electron chi connectivity index (χ0n) is 15.3. The number of halogens is 1. The first-order chi connectivity index (χ1) is 13.6. The number of thioether (sulfide) groups is 1. The third-order valence-electron chi connectivity index (χ3n) is 4.80. The Morgan fingerprint density at radius 3 is 2.86 bits per heavy atom. The van der Waals surface area contributed by atoms with Crippen LogP contribution in [0, 0.1) is 0 Å². The number of para-hydroxylation sites is 1. The van der Waals surface area contributed by atoms with Crippen molar-refractivity contribution in [2.45, 2.75) is 6.42 Å². The number of nitrogens with zero attached hydrogens (tertiary/aromatic N) is 3. The maximum Gasteiger partial charge on any atom is 0.266 e. The highest BCUT2D eigenvalue weighted by atomic mass is 35.5. The van der Waals surface area contributed by atoms with E-state index in [4.69, 9.17) is 28.6 Å². The van der Waals surface area contributed by atoms with E-state index in [9.17, 15) is 4.79 Å². The van der Waals surface area contributed by atoms with Gasteiger partial charge in [-0.05, 0) is 24.6 Å². The molecule has 4 rings (SSSR count). The Morgan fingerprint density at radius 2 is 2.04 bits per heavy atom. The maximum absolute atomic E-state index is 12.8. The number of fused-ring (bicyclic) bond motifs is 1. The fourth-order valence-electron chi connectivity index (χ4n) is 3.31. The highest BCUT2D eigenvalue weighted by molar-refractivity contribution is 8.26. The van der Waals surface area contributed by atoms with Gasteiger partial charge in [0.1, 0.15) is 4.32 Å². The number of hydrogen-bond donors (Lipinski definition) is 0. The number of thiocarbonyl (C=S) groups is 1. The second-order valence-corrected chi connectivity index (χ2v) is 8.77. The summed E-state index contributed by atoms with van der Waals surface area (Å²) >= 11 is 13.0. The van der Waals surface area contributed by atoms with Crippen LogP contribution >= 0.6 is 35.6 Å². The van der Waals surface area contributed by atoms with Crippen molar-refractivity contribution in [3.8, 4) is 0 Å². The van der Waals surface area contributed by atoms with Gasteiger partial charge < -0.3 is 4.74 Å². The van der Waals surface area contributed by atoms with Crippen molar-refractivity contribution in [2.24, 2.45) is 0 Å². The van der Waals surface area contributed by atoms with Gasteiger partial charge in [0.2, 0.25) is 0 Å². The summed E-state index contributed by atoms with van der Waals surface area (Å²) in [5.41, 5.74) is 1.44. The molecule has 0 unspecified atom stereocenters. The van der Waals surface area contributed by atoms with Gasteiger partial charge in [0.15, 0.2) is 0 Å². The van der Waals surface area contributed by atoms with E-state index >= 15 is 0 Å². The minimum absolute atomic E-state index is 0.0435. The van der Waals surface area contributed by atoms with Crippen LogP contribution in [0.25, 0.3) is 17.0 Å². The number of pyridine rings is 1. The van der Waals surface area contributed by atoms with Crippen LogP contribution in [0.3, 0.4) is 0 Å². The number of carbonyl (C=O) groups is 1. The zero-order valence-corrected chi connectivity index (χ0v) is 17.7. The van der Waals surface area contributed by atoms with E-state index in [1.54, 1.807) is 11.0 Å². The van der Waals surface area contributed by atoms with Crippen molar-refractivity contribution in [3.05, 3.63) is 46.0 Å². The predicted octanol–water partition coefficient (Wildman–Crippen LogP) is 3.81. The number of hydrogen-bond acceptors (Lipinski definition) is 6. The third kappa shape index (κ3) is 4.39. The lowest BCUT2D eigenvalue weighted by atomic mass is 10.2. The van der Waals surface area contributed by atoms with Gasteiger partial charge in [-0.15, -0.1) is 0 Å². The Morgan fingerprint density at radius 1 is 1.21 bits per heavy atom. The molecular weight excluding hydrogens is 414 g/mol. The summed E-state index contributed by atoms with van der Waals surface area (Å²) in [6.07, 6.45) is 2.69. The number of aromatic nitrogens is 1. The van der Waals surface area contributed by atoms with Gasteiger partial charge in [-0.2, -0.15) is 0 Å². The minimum atomic E-state index is -0.0435. The van der Waals surface area contributed by atoms with E-state index in [0.717, 1.165) is 50.2 Å². The molecular formula is C20H20ClN3O2S2. The molecule has 8 heteroatoms. The molecule has 2 saturated heterocycles. The standard InChI is InChI=1S/C20H20ClN3O2S2/c21-16-4-1-3-14-5-6-15(22-18(14)16)13-17-19(25)24(20(27)28-17)8-2-7-23-9-11-26-12-10-23/h1,3-6,13H,2,7-12H2/b17-13-. The van der Waals surface area contributed by atoms with E-state index in [1.807, 2.05) is 30.3 Å². The van der Waals surface area contributed by atoms with Crippen LogP contribution in [0.4, 0.5) is 0 Å². The van der Waals surface area contributed by atoms with Crippen LogP contribution in [0.1, 0.15) is 12.1 Å². The predicted molar refractivity (Wildman–Crippen MR) is 119 cm³/mol. The zero-order chi connectivity index (χ0) is 19.5. The number of carbonyl (C=O) groups excluding carboxylic acids is 1. The van der Waals surface area contributed by atoms with Crippen LogP contribution in [0.2, 0.25) is 5.02 Å². The largest absolute Gasteiger partial charge is 0.379 e. The Labute approximate surface area is 178 Å². The lowest BCUT2D eigenvalue weighted by molar-refractivity contribution is -0.122. The molecule has 0 atom stereocenters. The van der Waals surface area contributed by atoms with Crippen LogP contribution in [0.15, 0.2) is 35.2 Å². The van der Waals surface area contributed by atoms with Gasteiger partial charge in [-0.3, -0.25) is 14.6 Å². The SMILES string of the molecule is O=C1/C(=C/c2ccc3cccc(Cl)c3n2)SC(=S)N1CCCN1CCOCC1. The monoisotopic (exact) mass is 433 g/mol. The Hall–Kier alpha value is -1.51. The van der Waals surface area contributed by atoms with Gasteiger partial charge in [0.05, 0.1) is 34.4 Å². The average Bonchev–Trinajstić information content (AvgIpc) is 2.97. The van der Waals surface area contributed by atoms with E-state index in [1.165, 1.54) is 11.8 Å². The summed E-state index contributed by atoms with van der Waals surface area (Å²) < 4.78 is 5.97. The molecule has 28 heavy (non-hydrogen) atoms. The van der Waals surface area contributed by atoms with Crippen molar-refractivity contribution >= 4 is 62.8 Å². The first-order valence-corrected chi connectivity index (χ1v) is 10.8. The van der Waals surface area contributed by atoms with Crippen LogP contribution in [0.5, 0.6) is 0 Å². The molecule has 0 N–H and O–H groups in total. The van der Waals surface area contributed by atoms with Crippen molar-refractivity contribution in [1.29, 1.82) is 0 Å². The number of rotatable bonds is 5. The summed E-state index contributed by atoms with van der Waals surface area (Å²) in [6.45, 7) is 5.06. The van der Waals surface area contributed by atoms with Crippen LogP contribution in [-0.4, -0.2) is 64.4 Å². The van der Waals surface area contributed by atoms with Gasteiger partial charge in [0, 0.05) is 31.6 Å². The number of morpholine rings is 1. The molecule has 2 aromatic rings.